The molecule has 2 heterocycles. The zero-order valence-corrected chi connectivity index (χ0v) is 11.8. The van der Waals surface area contributed by atoms with Gasteiger partial charge in [-0.3, -0.25) is 9.59 Å². The average Bonchev–Trinajstić information content (AvgIpc) is 2.38. The summed E-state index contributed by atoms with van der Waals surface area (Å²) in [4.78, 5) is 30.3. The highest BCUT2D eigenvalue weighted by atomic mass is 16.1. The molecule has 1 saturated heterocycles. The van der Waals surface area contributed by atoms with Crippen LogP contribution >= 0.6 is 0 Å². The molecule has 0 saturated carbocycles. The van der Waals surface area contributed by atoms with Gasteiger partial charge in [0.1, 0.15) is 0 Å². The Hall–Kier alpha value is -1.65. The Balaban J connectivity index is 2.42. The van der Waals surface area contributed by atoms with E-state index in [0.29, 0.717) is 5.82 Å². The molecule has 5 nitrogen and oxygen atoms in total. The van der Waals surface area contributed by atoms with Crippen LogP contribution in [0.25, 0.3) is 0 Å². The van der Waals surface area contributed by atoms with Gasteiger partial charge in [-0.15, -0.1) is 0 Å². The van der Waals surface area contributed by atoms with Crippen LogP contribution in [0.1, 0.15) is 46.1 Å². The summed E-state index contributed by atoms with van der Waals surface area (Å²) in [5.74, 6) is 0.525. The zero-order valence-electron chi connectivity index (χ0n) is 11.8. The molecule has 5 heteroatoms. The largest absolute Gasteiger partial charge is 0.342 e. The van der Waals surface area contributed by atoms with Crippen molar-refractivity contribution in [1.82, 2.24) is 9.55 Å². The van der Waals surface area contributed by atoms with E-state index in [0.717, 1.165) is 25.8 Å². The van der Waals surface area contributed by atoms with Crippen LogP contribution in [0.3, 0.4) is 0 Å². The summed E-state index contributed by atoms with van der Waals surface area (Å²) in [7, 11) is 0. The van der Waals surface area contributed by atoms with E-state index in [1.807, 2.05) is 18.7 Å². The molecule has 0 radical (unpaired) electrons. The fourth-order valence-corrected chi connectivity index (χ4v) is 2.63. The van der Waals surface area contributed by atoms with Gasteiger partial charge in [0.2, 0.25) is 0 Å². The van der Waals surface area contributed by atoms with Gasteiger partial charge in [0.25, 0.3) is 5.56 Å². The third-order valence-electron chi connectivity index (χ3n) is 3.65. The van der Waals surface area contributed by atoms with Crippen molar-refractivity contribution in [1.29, 1.82) is 0 Å². The van der Waals surface area contributed by atoms with Crippen molar-refractivity contribution >= 4 is 11.6 Å². The van der Waals surface area contributed by atoms with Gasteiger partial charge in [0.05, 0.1) is 6.04 Å². The highest BCUT2D eigenvalue weighted by molar-refractivity contribution is 5.84. The maximum atomic E-state index is 12.4. The van der Waals surface area contributed by atoms with Crippen molar-refractivity contribution in [3.63, 3.8) is 0 Å². The second kappa shape index (κ2) is 5.55. The zero-order chi connectivity index (χ0) is 14.0. The summed E-state index contributed by atoms with van der Waals surface area (Å²) in [5, 5.41) is 0. The van der Waals surface area contributed by atoms with Gasteiger partial charge in [0.15, 0.2) is 11.6 Å². The molecule has 0 aliphatic carbocycles. The van der Waals surface area contributed by atoms with E-state index in [4.69, 9.17) is 0 Å². The molecular formula is C14H21N3O2. The summed E-state index contributed by atoms with van der Waals surface area (Å²) in [5.41, 5.74) is -0.106. The summed E-state index contributed by atoms with van der Waals surface area (Å²) < 4.78 is 1.66. The van der Waals surface area contributed by atoms with Crippen molar-refractivity contribution < 1.29 is 4.79 Å². The molecule has 1 unspecified atom stereocenters. The highest BCUT2D eigenvalue weighted by Gasteiger charge is 2.29. The minimum atomic E-state index is -0.197. The molecule has 0 aromatic carbocycles. The third kappa shape index (κ3) is 2.69. The number of Topliss-reactive ketones (excluding diaryl/α,β-unsaturated/α-hetero) is 1. The summed E-state index contributed by atoms with van der Waals surface area (Å²) >= 11 is 0. The molecule has 1 fully saturated rings. The Morgan fingerprint density at radius 3 is 2.79 bits per heavy atom. The number of piperidine rings is 1. The second-order valence-electron chi connectivity index (χ2n) is 5.37. The summed E-state index contributed by atoms with van der Waals surface area (Å²) in [6.07, 6.45) is 6.19. The second-order valence-corrected chi connectivity index (χ2v) is 5.37. The van der Waals surface area contributed by atoms with Crippen LogP contribution in [0.2, 0.25) is 0 Å². The quantitative estimate of drug-likeness (QED) is 0.834. The minimum Gasteiger partial charge on any atom is -0.342 e. The molecule has 19 heavy (non-hydrogen) atoms. The number of rotatable bonds is 3. The van der Waals surface area contributed by atoms with Crippen LogP contribution < -0.4 is 10.5 Å². The van der Waals surface area contributed by atoms with Crippen molar-refractivity contribution in [3.8, 4) is 0 Å². The van der Waals surface area contributed by atoms with Crippen LogP contribution in [0.15, 0.2) is 17.2 Å². The Bertz CT molecular complexity index is 522. The van der Waals surface area contributed by atoms with Crippen molar-refractivity contribution in [2.45, 2.75) is 52.1 Å². The molecule has 1 aromatic heterocycles. The number of carbonyl (C=O) groups is 1. The van der Waals surface area contributed by atoms with Gasteiger partial charge in [-0.1, -0.05) is 0 Å². The number of anilines is 1. The molecule has 0 amide bonds. The normalized spacial score (nSPS) is 19.8. The Labute approximate surface area is 113 Å². The van der Waals surface area contributed by atoms with Crippen LogP contribution in [-0.2, 0) is 4.79 Å². The van der Waals surface area contributed by atoms with Crippen LogP contribution in [0, 0.1) is 0 Å². The fraction of sp³-hybridized carbons (Fsp3) is 0.643. The Morgan fingerprint density at radius 2 is 2.16 bits per heavy atom. The van der Waals surface area contributed by atoms with Crippen molar-refractivity contribution in [2.24, 2.45) is 0 Å². The van der Waals surface area contributed by atoms with Crippen molar-refractivity contribution in [3.05, 3.63) is 22.7 Å². The van der Waals surface area contributed by atoms with E-state index in [9.17, 15) is 9.59 Å². The minimum absolute atomic E-state index is 0.0924. The lowest BCUT2D eigenvalue weighted by Gasteiger charge is -2.34. The van der Waals surface area contributed by atoms with Crippen LogP contribution in [0.4, 0.5) is 5.82 Å². The van der Waals surface area contributed by atoms with Gasteiger partial charge < -0.3 is 9.47 Å². The molecule has 0 N–H and O–H groups in total. The molecular weight excluding hydrogens is 242 g/mol. The van der Waals surface area contributed by atoms with Gasteiger partial charge in [0, 0.05) is 25.0 Å². The molecule has 0 spiro atoms. The topological polar surface area (TPSA) is 55.2 Å². The number of carbonyl (C=O) groups excluding carboxylic acids is 1. The van der Waals surface area contributed by atoms with E-state index in [1.165, 1.54) is 0 Å². The standard InChI is InChI=1S/C14H21N3O2/c1-10(2)16-9-7-15-13(14(16)19)17-8-5-4-6-12(17)11(3)18/h7,9-10,12H,4-6,8H2,1-3H3. The molecule has 1 aromatic rings. The SMILES string of the molecule is CC(=O)C1CCCCN1c1nccn(C(C)C)c1=O. The first-order chi connectivity index (χ1) is 9.02. The van der Waals surface area contributed by atoms with E-state index < -0.39 is 0 Å². The molecule has 1 atom stereocenters. The number of nitrogens with zero attached hydrogens (tertiary/aromatic N) is 3. The number of ketones is 1. The highest BCUT2D eigenvalue weighted by Crippen LogP contribution is 2.21. The first kappa shape index (κ1) is 13.8. The monoisotopic (exact) mass is 263 g/mol. The summed E-state index contributed by atoms with van der Waals surface area (Å²) in [6.45, 7) is 6.25. The number of hydrogen-bond donors (Lipinski definition) is 0. The summed E-state index contributed by atoms with van der Waals surface area (Å²) in [6, 6.07) is -0.105. The lowest BCUT2D eigenvalue weighted by atomic mass is 9.99. The molecule has 2 rings (SSSR count). The van der Waals surface area contributed by atoms with Crippen LogP contribution in [-0.4, -0.2) is 27.9 Å². The van der Waals surface area contributed by atoms with E-state index in [2.05, 4.69) is 4.98 Å². The lowest BCUT2D eigenvalue weighted by molar-refractivity contribution is -0.118. The van der Waals surface area contributed by atoms with Gasteiger partial charge in [-0.05, 0) is 40.0 Å². The molecule has 1 aliphatic heterocycles. The van der Waals surface area contributed by atoms with Gasteiger partial charge >= 0.3 is 0 Å². The molecule has 1 aliphatic rings. The van der Waals surface area contributed by atoms with Crippen molar-refractivity contribution in [2.75, 3.05) is 11.4 Å². The van der Waals surface area contributed by atoms with Crippen LogP contribution in [0.5, 0.6) is 0 Å². The van der Waals surface area contributed by atoms with E-state index in [1.54, 1.807) is 23.9 Å². The smallest absolute Gasteiger partial charge is 0.293 e. The number of hydrogen-bond acceptors (Lipinski definition) is 4. The third-order valence-corrected chi connectivity index (χ3v) is 3.65. The predicted octanol–water partition coefficient (Wildman–Crippen LogP) is 1.77. The first-order valence-electron chi connectivity index (χ1n) is 6.86. The van der Waals surface area contributed by atoms with Gasteiger partial charge in [-0.25, -0.2) is 4.98 Å². The van der Waals surface area contributed by atoms with E-state index >= 15 is 0 Å². The maximum absolute atomic E-state index is 12.4. The molecule has 0 bridgehead atoms. The predicted molar refractivity (Wildman–Crippen MR) is 74.5 cm³/mol. The maximum Gasteiger partial charge on any atom is 0.293 e. The molecule has 104 valence electrons. The average molecular weight is 263 g/mol. The van der Waals surface area contributed by atoms with Gasteiger partial charge in [-0.2, -0.15) is 0 Å². The Kier molecular flexibility index (Phi) is 4.02. The Morgan fingerprint density at radius 1 is 1.42 bits per heavy atom. The fourth-order valence-electron chi connectivity index (χ4n) is 2.63. The lowest BCUT2D eigenvalue weighted by Crippen LogP contribution is -2.47. The first-order valence-corrected chi connectivity index (χ1v) is 6.86. The number of aromatic nitrogens is 2. The van der Waals surface area contributed by atoms with E-state index in [-0.39, 0.29) is 23.4 Å².